The minimum Gasteiger partial charge on any atom is -0.330 e. The molecule has 0 saturated carbocycles. The van der Waals surface area contributed by atoms with Gasteiger partial charge in [0.1, 0.15) is 5.82 Å². The van der Waals surface area contributed by atoms with Crippen LogP contribution in [0, 0.1) is 13.8 Å². The Balaban J connectivity index is 1.65. The molecular weight excluding hydrogens is 352 g/mol. The molecule has 5 nitrogen and oxygen atoms in total. The van der Waals surface area contributed by atoms with E-state index in [9.17, 15) is 8.78 Å². The number of anilines is 2. The molecule has 3 aromatic rings. The molecule has 0 aliphatic heterocycles. The highest BCUT2D eigenvalue weighted by Crippen LogP contribution is 2.31. The Bertz CT molecular complexity index is 831. The fourth-order valence-corrected chi connectivity index (χ4v) is 3.79. The average molecular weight is 367 g/mol. The number of imidazole rings is 1. The van der Waals surface area contributed by atoms with E-state index in [1.165, 1.54) is 41.1 Å². The maximum atomic E-state index is 12.8. The van der Waals surface area contributed by atoms with Crippen molar-refractivity contribution in [3.05, 3.63) is 47.5 Å². The van der Waals surface area contributed by atoms with E-state index in [1.54, 1.807) is 0 Å². The fraction of sp³-hybridized carbons (Fsp3) is 0.267. The highest BCUT2D eigenvalue weighted by Gasteiger charge is 2.13. The van der Waals surface area contributed by atoms with E-state index < -0.39 is 6.55 Å². The molecule has 0 aliphatic rings. The van der Waals surface area contributed by atoms with Gasteiger partial charge in [-0.3, -0.25) is 4.57 Å². The first-order valence-corrected chi connectivity index (χ1v) is 8.94. The largest absolute Gasteiger partial charge is 0.330 e. The van der Waals surface area contributed by atoms with Gasteiger partial charge in [-0.2, -0.15) is 8.78 Å². The van der Waals surface area contributed by atoms with Gasteiger partial charge in [0.2, 0.25) is 5.13 Å². The summed E-state index contributed by atoms with van der Waals surface area (Å²) in [5, 5.41) is 12.1. The Labute approximate surface area is 146 Å². The predicted molar refractivity (Wildman–Crippen MR) is 92.1 cm³/mol. The first-order valence-electron chi connectivity index (χ1n) is 7.14. The molecular formula is C15H15F2N5S2. The lowest BCUT2D eigenvalue weighted by molar-refractivity contribution is 0.0678. The van der Waals surface area contributed by atoms with Gasteiger partial charge in [0.05, 0.1) is 5.75 Å². The molecule has 0 saturated heterocycles. The number of alkyl halides is 2. The van der Waals surface area contributed by atoms with Crippen LogP contribution in [0.2, 0.25) is 0 Å². The summed E-state index contributed by atoms with van der Waals surface area (Å²) in [7, 11) is 0. The molecule has 2 heterocycles. The predicted octanol–water partition coefficient (Wildman–Crippen LogP) is 4.78. The van der Waals surface area contributed by atoms with E-state index in [2.05, 4.69) is 20.5 Å². The van der Waals surface area contributed by atoms with Gasteiger partial charge in [-0.05, 0) is 31.0 Å². The summed E-state index contributed by atoms with van der Waals surface area (Å²) >= 11 is 2.72. The Kier molecular flexibility index (Phi) is 5.10. The van der Waals surface area contributed by atoms with E-state index in [1.807, 2.05) is 32.0 Å². The Morgan fingerprint density at radius 2 is 2.12 bits per heavy atom. The van der Waals surface area contributed by atoms with Crippen LogP contribution in [0.25, 0.3) is 0 Å². The number of nitrogens with zero attached hydrogens (tertiary/aromatic N) is 4. The maximum absolute atomic E-state index is 12.8. The van der Waals surface area contributed by atoms with E-state index >= 15 is 0 Å². The lowest BCUT2D eigenvalue weighted by Crippen LogP contribution is -2.01. The van der Waals surface area contributed by atoms with Crippen LogP contribution >= 0.6 is 23.1 Å². The third-order valence-electron chi connectivity index (χ3n) is 3.54. The molecule has 9 heteroatoms. The van der Waals surface area contributed by atoms with Gasteiger partial charge < -0.3 is 5.32 Å². The van der Waals surface area contributed by atoms with Crippen molar-refractivity contribution in [1.82, 2.24) is 19.7 Å². The zero-order valence-corrected chi connectivity index (χ0v) is 14.7. The van der Waals surface area contributed by atoms with Crippen LogP contribution in [0.5, 0.6) is 0 Å². The first-order chi connectivity index (χ1) is 11.5. The van der Waals surface area contributed by atoms with Crippen molar-refractivity contribution in [2.45, 2.75) is 30.5 Å². The van der Waals surface area contributed by atoms with Crippen LogP contribution in [-0.4, -0.2) is 19.7 Å². The summed E-state index contributed by atoms with van der Waals surface area (Å²) < 4.78 is 27.1. The molecule has 0 amide bonds. The summed E-state index contributed by atoms with van der Waals surface area (Å²) in [6.07, 6.45) is 2.64. The van der Waals surface area contributed by atoms with Gasteiger partial charge >= 0.3 is 6.55 Å². The SMILES string of the molecule is Cc1cccc(Nc2nnc(SCc3nccn3C(F)F)s2)c1C. The summed E-state index contributed by atoms with van der Waals surface area (Å²) in [5.74, 6) is 0.629. The molecule has 24 heavy (non-hydrogen) atoms. The Morgan fingerprint density at radius 3 is 2.92 bits per heavy atom. The van der Waals surface area contributed by atoms with Crippen LogP contribution < -0.4 is 5.32 Å². The summed E-state index contributed by atoms with van der Waals surface area (Å²) in [5.41, 5.74) is 3.33. The van der Waals surface area contributed by atoms with Crippen molar-refractivity contribution in [2.24, 2.45) is 0 Å². The number of thioether (sulfide) groups is 1. The van der Waals surface area contributed by atoms with Crippen molar-refractivity contribution >= 4 is 33.9 Å². The van der Waals surface area contributed by atoms with E-state index in [4.69, 9.17) is 0 Å². The first kappa shape index (κ1) is 16.8. The molecule has 0 unspecified atom stereocenters. The van der Waals surface area contributed by atoms with Crippen molar-refractivity contribution in [3.63, 3.8) is 0 Å². The lowest BCUT2D eigenvalue weighted by Gasteiger charge is -2.08. The average Bonchev–Trinajstić information content (AvgIpc) is 3.19. The van der Waals surface area contributed by atoms with Crippen LogP contribution in [0.4, 0.5) is 19.6 Å². The number of rotatable bonds is 6. The monoisotopic (exact) mass is 367 g/mol. The second kappa shape index (κ2) is 7.27. The van der Waals surface area contributed by atoms with Crippen LogP contribution in [0.1, 0.15) is 23.5 Å². The van der Waals surface area contributed by atoms with Gasteiger partial charge in [0.25, 0.3) is 0 Å². The minimum absolute atomic E-state index is 0.314. The van der Waals surface area contributed by atoms with Gasteiger partial charge in [0.15, 0.2) is 4.34 Å². The van der Waals surface area contributed by atoms with Gasteiger partial charge in [-0.1, -0.05) is 35.2 Å². The topological polar surface area (TPSA) is 55.6 Å². The quantitative estimate of drug-likeness (QED) is 0.635. The second-order valence-electron chi connectivity index (χ2n) is 5.06. The molecule has 1 aromatic carbocycles. The number of nitrogens with one attached hydrogen (secondary N) is 1. The number of hydrogen-bond acceptors (Lipinski definition) is 6. The van der Waals surface area contributed by atoms with Crippen LogP contribution in [0.3, 0.4) is 0 Å². The molecule has 0 radical (unpaired) electrons. The number of aromatic nitrogens is 4. The minimum atomic E-state index is -2.58. The van der Waals surface area contributed by atoms with E-state index in [0.717, 1.165) is 15.8 Å². The van der Waals surface area contributed by atoms with Crippen molar-refractivity contribution in [3.8, 4) is 0 Å². The molecule has 1 N–H and O–H groups in total. The highest BCUT2D eigenvalue weighted by atomic mass is 32.2. The number of halogens is 2. The van der Waals surface area contributed by atoms with E-state index in [0.29, 0.717) is 21.0 Å². The lowest BCUT2D eigenvalue weighted by atomic mass is 10.1. The highest BCUT2D eigenvalue weighted by molar-refractivity contribution is 8.00. The molecule has 0 bridgehead atoms. The second-order valence-corrected chi connectivity index (χ2v) is 7.26. The zero-order valence-electron chi connectivity index (χ0n) is 13.0. The van der Waals surface area contributed by atoms with Crippen molar-refractivity contribution in [1.29, 1.82) is 0 Å². The molecule has 0 fully saturated rings. The fourth-order valence-electron chi connectivity index (χ4n) is 2.08. The van der Waals surface area contributed by atoms with Crippen LogP contribution in [0.15, 0.2) is 34.9 Å². The molecule has 0 spiro atoms. The summed E-state index contributed by atoms with van der Waals surface area (Å²) in [6, 6.07) is 6.01. The molecule has 0 aliphatic carbocycles. The van der Waals surface area contributed by atoms with Gasteiger partial charge in [0, 0.05) is 18.1 Å². The zero-order chi connectivity index (χ0) is 17.1. The molecule has 126 valence electrons. The molecule has 0 atom stereocenters. The standard InChI is InChI=1S/C15H15F2N5S2/c1-9-4-3-5-11(10(9)2)19-14-20-21-15(24-14)23-8-12-18-6-7-22(12)13(16)17/h3-7,13H,8H2,1-2H3,(H,19,20). The van der Waals surface area contributed by atoms with Crippen molar-refractivity contribution < 1.29 is 8.78 Å². The number of benzene rings is 1. The van der Waals surface area contributed by atoms with Gasteiger partial charge in [-0.25, -0.2) is 4.98 Å². The molecule has 3 rings (SSSR count). The van der Waals surface area contributed by atoms with Gasteiger partial charge in [-0.15, -0.1) is 10.2 Å². The summed E-state index contributed by atoms with van der Waals surface area (Å²) in [4.78, 5) is 3.95. The normalized spacial score (nSPS) is 11.2. The van der Waals surface area contributed by atoms with E-state index in [-0.39, 0.29) is 0 Å². The Hall–Kier alpha value is -2.00. The number of aryl methyl sites for hydroxylation is 1. The third-order valence-corrected chi connectivity index (χ3v) is 5.50. The summed E-state index contributed by atoms with van der Waals surface area (Å²) in [6.45, 7) is 1.50. The maximum Gasteiger partial charge on any atom is 0.319 e. The number of hydrogen-bond donors (Lipinski definition) is 1. The van der Waals surface area contributed by atoms with Crippen LogP contribution in [-0.2, 0) is 5.75 Å². The Morgan fingerprint density at radius 1 is 1.29 bits per heavy atom. The molecule has 2 aromatic heterocycles. The van der Waals surface area contributed by atoms with Crippen molar-refractivity contribution in [2.75, 3.05) is 5.32 Å². The smallest absolute Gasteiger partial charge is 0.319 e. The third kappa shape index (κ3) is 3.73.